The average Bonchev–Trinajstić information content (AvgIpc) is 2.76. The van der Waals surface area contributed by atoms with Crippen LogP contribution in [0.4, 0.5) is 5.82 Å². The molecule has 2 aromatic rings. The molecule has 0 aromatic carbocycles. The number of fused-ring (bicyclic) bond motifs is 1. The molecule has 0 aliphatic heterocycles. The van der Waals surface area contributed by atoms with Gasteiger partial charge in [-0.1, -0.05) is 13.8 Å². The molecule has 0 fully saturated rings. The monoisotopic (exact) mass is 248 g/mol. The molecule has 98 valence electrons. The number of pyridine rings is 1. The van der Waals surface area contributed by atoms with Crippen LogP contribution in [0, 0.1) is 12.8 Å². The number of hydrogen-bond donors (Lipinski definition) is 1. The minimum atomic E-state index is 0.254. The van der Waals surface area contributed by atoms with Crippen molar-refractivity contribution in [3.8, 4) is 0 Å². The SMILES string of the molecule is COCC(Nc1cc(C)cc2ncnn12)C(C)C. The van der Waals surface area contributed by atoms with Crippen LogP contribution in [-0.2, 0) is 4.74 Å². The molecule has 1 atom stereocenters. The van der Waals surface area contributed by atoms with Gasteiger partial charge in [-0.05, 0) is 30.5 Å². The molecule has 0 aliphatic rings. The molecule has 18 heavy (non-hydrogen) atoms. The zero-order valence-corrected chi connectivity index (χ0v) is 11.3. The molecule has 2 rings (SSSR count). The Labute approximate surface area is 107 Å². The largest absolute Gasteiger partial charge is 0.383 e. The van der Waals surface area contributed by atoms with Gasteiger partial charge in [0.25, 0.3) is 0 Å². The topological polar surface area (TPSA) is 51.5 Å². The number of nitrogens with one attached hydrogen (secondary N) is 1. The van der Waals surface area contributed by atoms with Crippen LogP contribution in [0.15, 0.2) is 18.5 Å². The molecule has 0 radical (unpaired) electrons. The summed E-state index contributed by atoms with van der Waals surface area (Å²) in [6.07, 6.45) is 1.57. The van der Waals surface area contributed by atoms with Gasteiger partial charge in [0.15, 0.2) is 5.65 Å². The van der Waals surface area contributed by atoms with Crippen LogP contribution in [0.5, 0.6) is 0 Å². The molecule has 2 heterocycles. The Kier molecular flexibility index (Phi) is 3.81. The zero-order chi connectivity index (χ0) is 13.1. The van der Waals surface area contributed by atoms with Crippen LogP contribution < -0.4 is 5.32 Å². The Morgan fingerprint density at radius 3 is 2.83 bits per heavy atom. The van der Waals surface area contributed by atoms with E-state index in [0.717, 1.165) is 17.0 Å². The van der Waals surface area contributed by atoms with E-state index in [9.17, 15) is 0 Å². The van der Waals surface area contributed by atoms with Crippen LogP contribution in [0.1, 0.15) is 19.4 Å². The first kappa shape index (κ1) is 12.8. The summed E-state index contributed by atoms with van der Waals surface area (Å²) in [5.74, 6) is 1.43. The maximum Gasteiger partial charge on any atom is 0.157 e. The maximum absolute atomic E-state index is 5.25. The van der Waals surface area contributed by atoms with E-state index in [1.165, 1.54) is 0 Å². The Bertz CT molecular complexity index is 521. The highest BCUT2D eigenvalue weighted by Gasteiger charge is 2.15. The van der Waals surface area contributed by atoms with Crippen molar-refractivity contribution in [1.29, 1.82) is 0 Å². The quantitative estimate of drug-likeness (QED) is 0.880. The fraction of sp³-hybridized carbons (Fsp3) is 0.538. The van der Waals surface area contributed by atoms with E-state index in [2.05, 4.69) is 42.2 Å². The summed E-state index contributed by atoms with van der Waals surface area (Å²) < 4.78 is 7.07. The Morgan fingerprint density at radius 2 is 2.17 bits per heavy atom. The second-order valence-corrected chi connectivity index (χ2v) is 4.90. The highest BCUT2D eigenvalue weighted by Crippen LogP contribution is 2.16. The lowest BCUT2D eigenvalue weighted by Gasteiger charge is -2.23. The van der Waals surface area contributed by atoms with Gasteiger partial charge in [-0.15, -0.1) is 0 Å². The Hall–Kier alpha value is -1.62. The number of hydrogen-bond acceptors (Lipinski definition) is 4. The average molecular weight is 248 g/mol. The summed E-state index contributed by atoms with van der Waals surface area (Å²) in [6, 6.07) is 4.34. The Morgan fingerprint density at radius 1 is 1.39 bits per heavy atom. The van der Waals surface area contributed by atoms with E-state index in [0.29, 0.717) is 12.5 Å². The van der Waals surface area contributed by atoms with Gasteiger partial charge in [-0.2, -0.15) is 9.61 Å². The van der Waals surface area contributed by atoms with Gasteiger partial charge < -0.3 is 10.1 Å². The standard InChI is InChI=1S/C13H20N4O/c1-9(2)11(7-18-4)16-13-6-10(3)5-12-14-8-15-17(12)13/h5-6,8-9,11,16H,7H2,1-4H3. The molecule has 0 saturated heterocycles. The molecule has 5 heteroatoms. The third-order valence-electron chi connectivity index (χ3n) is 3.01. The zero-order valence-electron chi connectivity index (χ0n) is 11.3. The van der Waals surface area contributed by atoms with Gasteiger partial charge in [0.05, 0.1) is 12.6 Å². The second-order valence-electron chi connectivity index (χ2n) is 4.90. The highest BCUT2D eigenvalue weighted by atomic mass is 16.5. The van der Waals surface area contributed by atoms with E-state index < -0.39 is 0 Å². The first-order valence-electron chi connectivity index (χ1n) is 6.17. The molecule has 0 amide bonds. The van der Waals surface area contributed by atoms with Crippen LogP contribution in [-0.4, -0.2) is 34.4 Å². The maximum atomic E-state index is 5.25. The van der Waals surface area contributed by atoms with Crippen LogP contribution in [0.2, 0.25) is 0 Å². The predicted molar refractivity (Wildman–Crippen MR) is 71.8 cm³/mol. The predicted octanol–water partition coefficient (Wildman–Crippen LogP) is 2.12. The summed E-state index contributed by atoms with van der Waals surface area (Å²) in [7, 11) is 1.72. The lowest BCUT2D eigenvalue weighted by atomic mass is 10.1. The minimum absolute atomic E-state index is 0.254. The molecule has 2 aromatic heterocycles. The van der Waals surface area contributed by atoms with Crippen LogP contribution >= 0.6 is 0 Å². The van der Waals surface area contributed by atoms with Gasteiger partial charge in [0.1, 0.15) is 12.1 Å². The van der Waals surface area contributed by atoms with Crippen molar-refractivity contribution in [2.75, 3.05) is 19.0 Å². The fourth-order valence-electron chi connectivity index (χ4n) is 1.93. The first-order valence-corrected chi connectivity index (χ1v) is 6.17. The summed E-state index contributed by atoms with van der Waals surface area (Å²) in [6.45, 7) is 7.07. The van der Waals surface area contributed by atoms with Crippen molar-refractivity contribution >= 4 is 11.5 Å². The third-order valence-corrected chi connectivity index (χ3v) is 3.01. The molecular weight excluding hydrogens is 228 g/mol. The van der Waals surface area contributed by atoms with Gasteiger partial charge in [0, 0.05) is 7.11 Å². The van der Waals surface area contributed by atoms with Crippen molar-refractivity contribution in [3.63, 3.8) is 0 Å². The molecular formula is C13H20N4O. The number of ether oxygens (including phenoxy) is 1. The smallest absolute Gasteiger partial charge is 0.157 e. The first-order chi connectivity index (χ1) is 8.61. The van der Waals surface area contributed by atoms with Gasteiger partial charge in [-0.3, -0.25) is 0 Å². The summed E-state index contributed by atoms with van der Waals surface area (Å²) in [5.41, 5.74) is 2.02. The van der Waals surface area contributed by atoms with Crippen molar-refractivity contribution in [2.45, 2.75) is 26.8 Å². The normalized spacial score (nSPS) is 13.2. The van der Waals surface area contributed by atoms with E-state index in [1.54, 1.807) is 13.4 Å². The lowest BCUT2D eigenvalue weighted by molar-refractivity contribution is 0.171. The van der Waals surface area contributed by atoms with Crippen molar-refractivity contribution in [2.24, 2.45) is 5.92 Å². The molecule has 5 nitrogen and oxygen atoms in total. The molecule has 0 aliphatic carbocycles. The van der Waals surface area contributed by atoms with Gasteiger partial charge in [0.2, 0.25) is 0 Å². The second kappa shape index (κ2) is 5.35. The van der Waals surface area contributed by atoms with Crippen molar-refractivity contribution in [1.82, 2.24) is 14.6 Å². The number of aryl methyl sites for hydroxylation is 1. The minimum Gasteiger partial charge on any atom is -0.383 e. The van der Waals surface area contributed by atoms with E-state index >= 15 is 0 Å². The summed E-state index contributed by atoms with van der Waals surface area (Å²) in [4.78, 5) is 4.22. The third kappa shape index (κ3) is 2.61. The Balaban J connectivity index is 2.32. The van der Waals surface area contributed by atoms with Crippen LogP contribution in [0.25, 0.3) is 5.65 Å². The summed E-state index contributed by atoms with van der Waals surface area (Å²) >= 11 is 0. The number of rotatable bonds is 5. The van der Waals surface area contributed by atoms with Gasteiger partial charge >= 0.3 is 0 Å². The summed E-state index contributed by atoms with van der Waals surface area (Å²) in [5, 5.41) is 7.72. The van der Waals surface area contributed by atoms with Crippen molar-refractivity contribution in [3.05, 3.63) is 24.0 Å². The fourth-order valence-corrected chi connectivity index (χ4v) is 1.93. The number of methoxy groups -OCH3 is 1. The van der Waals surface area contributed by atoms with E-state index in [1.807, 2.05) is 10.6 Å². The molecule has 0 saturated carbocycles. The number of nitrogens with zero attached hydrogens (tertiary/aromatic N) is 3. The molecule has 1 N–H and O–H groups in total. The molecule has 1 unspecified atom stereocenters. The van der Waals surface area contributed by atoms with Crippen molar-refractivity contribution < 1.29 is 4.74 Å². The highest BCUT2D eigenvalue weighted by molar-refractivity contribution is 5.51. The molecule has 0 spiro atoms. The lowest BCUT2D eigenvalue weighted by Crippen LogP contribution is -2.31. The van der Waals surface area contributed by atoms with E-state index in [-0.39, 0.29) is 6.04 Å². The van der Waals surface area contributed by atoms with Crippen LogP contribution in [0.3, 0.4) is 0 Å². The number of anilines is 1. The number of aromatic nitrogens is 3. The molecule has 0 bridgehead atoms. The van der Waals surface area contributed by atoms with Gasteiger partial charge in [-0.25, -0.2) is 4.98 Å². The van der Waals surface area contributed by atoms with E-state index in [4.69, 9.17) is 4.74 Å².